The Morgan fingerprint density at radius 2 is 2.00 bits per heavy atom. The topological polar surface area (TPSA) is 78.7 Å². The van der Waals surface area contributed by atoms with Crippen LogP contribution in [0.25, 0.3) is 6.08 Å². The molecule has 1 radical (unpaired) electrons. The third kappa shape index (κ3) is 3.83. The van der Waals surface area contributed by atoms with E-state index in [4.69, 9.17) is 9.47 Å². The van der Waals surface area contributed by atoms with E-state index in [1.165, 1.54) is 7.11 Å². The molecule has 6 heteroatoms. The number of methoxy groups -OCH3 is 2. The van der Waals surface area contributed by atoms with Crippen LogP contribution in [-0.2, 0) is 14.3 Å². The molecule has 0 aromatic heterocycles. The van der Waals surface area contributed by atoms with Gasteiger partial charge < -0.3 is 14.8 Å². The normalized spacial score (nSPS) is 13.7. The number of benzene rings is 1. The molecule has 1 atom stereocenters. The zero-order valence-corrected chi connectivity index (χ0v) is 13.8. The van der Waals surface area contributed by atoms with Crippen LogP contribution >= 0.6 is 0 Å². The van der Waals surface area contributed by atoms with Crippen molar-refractivity contribution in [3.63, 3.8) is 0 Å². The molecule has 6 nitrogen and oxygen atoms in total. The second-order valence-electron chi connectivity index (χ2n) is 5.71. The van der Waals surface area contributed by atoms with Crippen LogP contribution in [0.4, 0.5) is 5.69 Å². The maximum atomic E-state index is 12.4. The van der Waals surface area contributed by atoms with Gasteiger partial charge >= 0.3 is 5.97 Å². The lowest BCUT2D eigenvalue weighted by molar-refractivity contribution is -0.145. The lowest BCUT2D eigenvalue weighted by atomic mass is 10.0. The number of amides is 1. The minimum atomic E-state index is -0.686. The lowest BCUT2D eigenvalue weighted by Crippen LogP contribution is -2.43. The summed E-state index contributed by atoms with van der Waals surface area (Å²) < 4.78 is 10.0. The second-order valence-corrected chi connectivity index (χ2v) is 5.71. The average Bonchev–Trinajstić information content (AvgIpc) is 2.97. The maximum absolute atomic E-state index is 12.4. The summed E-state index contributed by atoms with van der Waals surface area (Å²) in [4.78, 5) is 24.2. The predicted molar refractivity (Wildman–Crippen MR) is 86.2 cm³/mol. The van der Waals surface area contributed by atoms with Crippen LogP contribution in [0, 0.1) is 5.92 Å². The van der Waals surface area contributed by atoms with Gasteiger partial charge in [0.05, 0.1) is 19.9 Å². The van der Waals surface area contributed by atoms with Gasteiger partial charge in [0.2, 0.25) is 0 Å². The average molecular weight is 317 g/mol. The van der Waals surface area contributed by atoms with Crippen LogP contribution in [-0.4, -0.2) is 32.1 Å². The van der Waals surface area contributed by atoms with Gasteiger partial charge in [-0.25, -0.2) is 10.1 Å². The molecule has 0 aliphatic carbocycles. The summed E-state index contributed by atoms with van der Waals surface area (Å²) in [6.45, 7) is 3.95. The van der Waals surface area contributed by atoms with Crippen molar-refractivity contribution in [2.75, 3.05) is 14.2 Å². The van der Waals surface area contributed by atoms with Crippen LogP contribution in [0.2, 0.25) is 0 Å². The van der Waals surface area contributed by atoms with E-state index in [2.05, 4.69) is 10.6 Å². The van der Waals surface area contributed by atoms with E-state index in [0.29, 0.717) is 17.9 Å². The van der Waals surface area contributed by atoms with E-state index in [1.807, 2.05) is 26.0 Å². The zero-order valence-electron chi connectivity index (χ0n) is 13.8. The van der Waals surface area contributed by atoms with Crippen molar-refractivity contribution in [3.8, 4) is 5.75 Å². The summed E-state index contributed by atoms with van der Waals surface area (Å²) >= 11 is 0. The minimum absolute atomic E-state index is 0.242. The highest BCUT2D eigenvalue weighted by Gasteiger charge is 2.27. The molecule has 1 aromatic carbocycles. The summed E-state index contributed by atoms with van der Waals surface area (Å²) in [7, 11) is 2.87. The molecule has 0 bridgehead atoms. The molecule has 23 heavy (non-hydrogen) atoms. The van der Waals surface area contributed by atoms with Crippen molar-refractivity contribution in [1.29, 1.82) is 0 Å². The molecule has 1 amide bonds. The highest BCUT2D eigenvalue weighted by atomic mass is 16.5. The van der Waals surface area contributed by atoms with Gasteiger partial charge in [-0.05, 0) is 30.5 Å². The number of nitrogens with one attached hydrogen (secondary N) is 1. The molecule has 1 aliphatic rings. The molecular formula is C17H21N2O4. The number of nitrogens with zero attached hydrogens (tertiary/aromatic N) is 1. The van der Waals surface area contributed by atoms with E-state index in [9.17, 15) is 9.59 Å². The van der Waals surface area contributed by atoms with Crippen molar-refractivity contribution in [2.45, 2.75) is 26.3 Å². The molecule has 1 N–H and O–H groups in total. The number of fused-ring (bicyclic) bond motifs is 1. The van der Waals surface area contributed by atoms with E-state index < -0.39 is 17.9 Å². The largest absolute Gasteiger partial charge is 0.496 e. The van der Waals surface area contributed by atoms with Gasteiger partial charge in [-0.2, -0.15) is 0 Å². The third-order valence-electron chi connectivity index (χ3n) is 3.52. The van der Waals surface area contributed by atoms with Crippen LogP contribution < -0.4 is 15.4 Å². The Bertz CT molecular complexity index is 637. The minimum Gasteiger partial charge on any atom is -0.496 e. The predicted octanol–water partition coefficient (Wildman–Crippen LogP) is 1.99. The first kappa shape index (κ1) is 16.9. The monoisotopic (exact) mass is 317 g/mol. The SMILES string of the molecule is COC(=O)[C@H](CC(C)C)NC(=O)C1=Cc2c(cccc2OC)[N]1. The molecular weight excluding hydrogens is 296 g/mol. The summed E-state index contributed by atoms with van der Waals surface area (Å²) in [5.74, 6) is 0.0342. The molecule has 123 valence electrons. The summed E-state index contributed by atoms with van der Waals surface area (Å²) in [5.41, 5.74) is 1.69. The number of esters is 1. The Morgan fingerprint density at radius 3 is 2.61 bits per heavy atom. The first-order chi connectivity index (χ1) is 11.0. The fraction of sp³-hybridized carbons (Fsp3) is 0.412. The molecule has 0 fully saturated rings. The lowest BCUT2D eigenvalue weighted by Gasteiger charge is -2.18. The van der Waals surface area contributed by atoms with Gasteiger partial charge in [-0.1, -0.05) is 19.9 Å². The summed E-state index contributed by atoms with van der Waals surface area (Å²) in [6, 6.07) is 4.74. The van der Waals surface area contributed by atoms with Gasteiger partial charge in [-0.15, -0.1) is 0 Å². The maximum Gasteiger partial charge on any atom is 0.328 e. The second kappa shape index (κ2) is 7.17. The van der Waals surface area contributed by atoms with E-state index in [-0.39, 0.29) is 11.6 Å². The molecule has 1 aromatic rings. The van der Waals surface area contributed by atoms with Crippen LogP contribution in [0.5, 0.6) is 5.75 Å². The smallest absolute Gasteiger partial charge is 0.328 e. The molecule has 1 heterocycles. The highest BCUT2D eigenvalue weighted by molar-refractivity contribution is 6.03. The quantitative estimate of drug-likeness (QED) is 0.814. The molecule has 0 unspecified atom stereocenters. The number of carbonyl (C=O) groups excluding carboxylic acids is 2. The van der Waals surface area contributed by atoms with Gasteiger partial charge in [-0.3, -0.25) is 4.79 Å². The zero-order chi connectivity index (χ0) is 17.0. The molecule has 0 saturated heterocycles. The summed E-state index contributed by atoms with van der Waals surface area (Å²) in [6.07, 6.45) is 2.16. The van der Waals surface area contributed by atoms with Crippen molar-refractivity contribution in [2.24, 2.45) is 5.92 Å². The Labute approximate surface area is 135 Å². The van der Waals surface area contributed by atoms with Crippen LogP contribution in [0.15, 0.2) is 23.9 Å². The Hall–Kier alpha value is -2.50. The van der Waals surface area contributed by atoms with Crippen molar-refractivity contribution < 1.29 is 19.1 Å². The molecule has 0 spiro atoms. The van der Waals surface area contributed by atoms with Crippen molar-refractivity contribution in [3.05, 3.63) is 29.5 Å². The van der Waals surface area contributed by atoms with Gasteiger partial charge in [0, 0.05) is 5.56 Å². The van der Waals surface area contributed by atoms with Crippen molar-refractivity contribution in [1.82, 2.24) is 10.6 Å². The fourth-order valence-electron chi connectivity index (χ4n) is 2.43. The summed E-state index contributed by atoms with van der Waals surface area (Å²) in [5, 5.41) is 6.99. The van der Waals surface area contributed by atoms with Gasteiger partial charge in [0.1, 0.15) is 17.5 Å². The van der Waals surface area contributed by atoms with Gasteiger partial charge in [0.15, 0.2) is 0 Å². The highest BCUT2D eigenvalue weighted by Crippen LogP contribution is 2.34. The van der Waals surface area contributed by atoms with Crippen molar-refractivity contribution >= 4 is 23.6 Å². The Morgan fingerprint density at radius 1 is 1.26 bits per heavy atom. The standard InChI is InChI=1S/C17H21N2O4/c1-10(2)8-14(17(21)23-4)19-16(20)13-9-11-12(18-13)6-5-7-15(11)22-3/h5-7,9-10,14H,8H2,1-4H3,(H,19,20)/t14-/m0/s1. The first-order valence-electron chi connectivity index (χ1n) is 7.45. The van der Waals surface area contributed by atoms with E-state index in [0.717, 1.165) is 5.56 Å². The number of hydrogen-bond acceptors (Lipinski definition) is 4. The van der Waals surface area contributed by atoms with Gasteiger partial charge in [0.25, 0.3) is 5.91 Å². The first-order valence-corrected chi connectivity index (χ1v) is 7.45. The molecule has 0 saturated carbocycles. The number of rotatable bonds is 6. The van der Waals surface area contributed by atoms with Crippen LogP contribution in [0.1, 0.15) is 25.8 Å². The third-order valence-corrected chi connectivity index (χ3v) is 3.52. The van der Waals surface area contributed by atoms with Crippen LogP contribution in [0.3, 0.4) is 0 Å². The number of ether oxygens (including phenoxy) is 2. The fourth-order valence-corrected chi connectivity index (χ4v) is 2.43. The Kier molecular flexibility index (Phi) is 5.26. The molecule has 1 aliphatic heterocycles. The molecule has 2 rings (SSSR count). The Balaban J connectivity index is 2.13. The van der Waals surface area contributed by atoms with E-state index >= 15 is 0 Å². The number of carbonyl (C=O) groups is 2. The number of hydrogen-bond donors (Lipinski definition) is 1. The van der Waals surface area contributed by atoms with E-state index in [1.54, 1.807) is 19.3 Å².